The molecule has 0 amide bonds. The lowest BCUT2D eigenvalue weighted by molar-refractivity contribution is 0.627. The molecule has 0 bridgehead atoms. The van der Waals surface area contributed by atoms with Gasteiger partial charge in [0.2, 0.25) is 0 Å². The first-order valence-electron chi connectivity index (χ1n) is 7.61. The number of nitrogens with zero attached hydrogens (tertiary/aromatic N) is 3. The second kappa shape index (κ2) is 5.93. The molecule has 0 N–H and O–H groups in total. The summed E-state index contributed by atoms with van der Waals surface area (Å²) in [6.07, 6.45) is 0. The molecule has 0 saturated heterocycles. The van der Waals surface area contributed by atoms with Crippen molar-refractivity contribution in [1.29, 1.82) is 0 Å². The van der Waals surface area contributed by atoms with Crippen LogP contribution in [0.5, 0.6) is 0 Å². The number of halogens is 3. The normalized spacial score (nSPS) is 11.2. The van der Waals surface area contributed by atoms with Crippen LogP contribution in [0.2, 0.25) is 5.15 Å². The Bertz CT molecular complexity index is 1070. The summed E-state index contributed by atoms with van der Waals surface area (Å²) in [5.41, 5.74) is 4.11. The molecule has 0 aliphatic carbocycles. The molecular formula is C19H12ClF2N3. The quantitative estimate of drug-likeness (QED) is 0.456. The fourth-order valence-electron chi connectivity index (χ4n) is 2.79. The first-order valence-corrected chi connectivity index (χ1v) is 7.98. The number of hydrogen-bond donors (Lipinski definition) is 0. The van der Waals surface area contributed by atoms with Crippen LogP contribution < -0.4 is 0 Å². The zero-order valence-electron chi connectivity index (χ0n) is 13.2. The van der Waals surface area contributed by atoms with E-state index in [9.17, 15) is 8.78 Å². The maximum absolute atomic E-state index is 13.3. The minimum absolute atomic E-state index is 0.328. The lowest BCUT2D eigenvalue weighted by atomic mass is 10.0. The fourth-order valence-corrected chi connectivity index (χ4v) is 3.06. The van der Waals surface area contributed by atoms with Gasteiger partial charge in [-0.2, -0.15) is 5.10 Å². The van der Waals surface area contributed by atoms with Crippen LogP contribution in [0.25, 0.3) is 28.0 Å². The third-order valence-corrected chi connectivity index (χ3v) is 4.19. The summed E-state index contributed by atoms with van der Waals surface area (Å²) in [7, 11) is 0. The van der Waals surface area contributed by atoms with Crippen LogP contribution in [0, 0.1) is 18.6 Å². The number of benzene rings is 2. The Morgan fingerprint density at radius 1 is 0.880 bits per heavy atom. The van der Waals surface area contributed by atoms with Gasteiger partial charge in [0.15, 0.2) is 5.65 Å². The first-order chi connectivity index (χ1) is 12.0. The van der Waals surface area contributed by atoms with Gasteiger partial charge in [0, 0.05) is 11.3 Å². The number of fused-ring (bicyclic) bond motifs is 1. The van der Waals surface area contributed by atoms with E-state index in [4.69, 9.17) is 11.6 Å². The molecule has 3 nitrogen and oxygen atoms in total. The van der Waals surface area contributed by atoms with Crippen molar-refractivity contribution in [3.8, 4) is 22.4 Å². The molecular weight excluding hydrogens is 344 g/mol. The molecule has 2 heterocycles. The van der Waals surface area contributed by atoms with Crippen molar-refractivity contribution in [3.63, 3.8) is 0 Å². The van der Waals surface area contributed by atoms with Crippen molar-refractivity contribution >= 4 is 17.2 Å². The number of aromatic nitrogens is 3. The average Bonchev–Trinajstić information content (AvgIpc) is 2.96. The van der Waals surface area contributed by atoms with Crippen LogP contribution in [-0.2, 0) is 0 Å². The van der Waals surface area contributed by atoms with Gasteiger partial charge in [-0.25, -0.2) is 18.3 Å². The zero-order chi connectivity index (χ0) is 17.6. The standard InChI is InChI=1S/C19H12ClF2N3/c1-11-10-16(20)25-19(23-11)17(12-2-6-14(21)7-3-12)18(24-25)13-4-8-15(22)9-5-13/h2-10H,1H3. The average molecular weight is 356 g/mol. The largest absolute Gasteiger partial charge is 0.233 e. The molecule has 0 unspecified atom stereocenters. The molecule has 2 aromatic heterocycles. The highest BCUT2D eigenvalue weighted by atomic mass is 35.5. The lowest BCUT2D eigenvalue weighted by Crippen LogP contribution is -1.94. The van der Waals surface area contributed by atoms with Crippen LogP contribution >= 0.6 is 11.6 Å². The maximum atomic E-state index is 13.3. The van der Waals surface area contributed by atoms with Crippen LogP contribution in [-0.4, -0.2) is 14.6 Å². The number of hydrogen-bond acceptors (Lipinski definition) is 2. The molecule has 2 aromatic carbocycles. The molecule has 124 valence electrons. The predicted molar refractivity (Wildman–Crippen MR) is 93.5 cm³/mol. The van der Waals surface area contributed by atoms with E-state index in [1.54, 1.807) is 30.3 Å². The molecule has 25 heavy (non-hydrogen) atoms. The van der Waals surface area contributed by atoms with E-state index in [2.05, 4.69) is 10.1 Å². The Labute approximate surface area is 147 Å². The second-order valence-corrected chi connectivity index (χ2v) is 6.08. The van der Waals surface area contributed by atoms with E-state index in [-0.39, 0.29) is 11.6 Å². The SMILES string of the molecule is Cc1cc(Cl)n2nc(-c3ccc(F)cc3)c(-c3ccc(F)cc3)c2n1. The summed E-state index contributed by atoms with van der Waals surface area (Å²) in [4.78, 5) is 4.55. The van der Waals surface area contributed by atoms with Gasteiger partial charge in [-0.05, 0) is 55.0 Å². The second-order valence-electron chi connectivity index (χ2n) is 5.69. The molecule has 0 saturated carbocycles. The van der Waals surface area contributed by atoms with Gasteiger partial charge >= 0.3 is 0 Å². The zero-order valence-corrected chi connectivity index (χ0v) is 13.9. The van der Waals surface area contributed by atoms with E-state index in [0.717, 1.165) is 22.4 Å². The number of rotatable bonds is 2. The van der Waals surface area contributed by atoms with Gasteiger partial charge in [-0.1, -0.05) is 23.7 Å². The highest BCUT2D eigenvalue weighted by Gasteiger charge is 2.19. The van der Waals surface area contributed by atoms with Crippen molar-refractivity contribution in [2.24, 2.45) is 0 Å². The predicted octanol–water partition coefficient (Wildman–Crippen LogP) is 5.30. The fraction of sp³-hybridized carbons (Fsp3) is 0.0526. The summed E-state index contributed by atoms with van der Waals surface area (Å²) in [6.45, 7) is 1.84. The minimum Gasteiger partial charge on any atom is -0.233 e. The summed E-state index contributed by atoms with van der Waals surface area (Å²) in [5.74, 6) is -0.659. The van der Waals surface area contributed by atoms with Crippen molar-refractivity contribution in [1.82, 2.24) is 14.6 Å². The van der Waals surface area contributed by atoms with E-state index in [1.807, 2.05) is 6.92 Å². The highest BCUT2D eigenvalue weighted by Crippen LogP contribution is 2.35. The summed E-state index contributed by atoms with van der Waals surface area (Å²) >= 11 is 6.31. The van der Waals surface area contributed by atoms with Crippen LogP contribution in [0.4, 0.5) is 8.78 Å². The van der Waals surface area contributed by atoms with Crippen LogP contribution in [0.1, 0.15) is 5.69 Å². The topological polar surface area (TPSA) is 30.2 Å². The molecule has 0 spiro atoms. The molecule has 0 atom stereocenters. The van der Waals surface area contributed by atoms with Crippen LogP contribution in [0.3, 0.4) is 0 Å². The third-order valence-electron chi connectivity index (χ3n) is 3.92. The van der Waals surface area contributed by atoms with Gasteiger partial charge < -0.3 is 0 Å². The molecule has 4 aromatic rings. The molecule has 0 aliphatic heterocycles. The summed E-state index contributed by atoms with van der Waals surface area (Å²) in [5, 5.41) is 4.97. The van der Waals surface area contributed by atoms with E-state index in [1.165, 1.54) is 28.8 Å². The van der Waals surface area contributed by atoms with Gasteiger partial charge in [0.25, 0.3) is 0 Å². The van der Waals surface area contributed by atoms with Gasteiger partial charge in [0.05, 0.1) is 5.56 Å². The van der Waals surface area contributed by atoms with Crippen molar-refractivity contribution in [2.75, 3.05) is 0 Å². The Morgan fingerprint density at radius 3 is 2.04 bits per heavy atom. The molecule has 0 radical (unpaired) electrons. The first kappa shape index (κ1) is 15.7. The third kappa shape index (κ3) is 2.76. The number of aryl methyl sites for hydroxylation is 1. The molecule has 0 fully saturated rings. The maximum Gasteiger partial charge on any atom is 0.165 e. The van der Waals surface area contributed by atoms with E-state index >= 15 is 0 Å². The Balaban J connectivity index is 2.07. The Kier molecular flexibility index (Phi) is 3.73. The molecule has 4 rings (SSSR count). The minimum atomic E-state index is -0.331. The monoisotopic (exact) mass is 355 g/mol. The van der Waals surface area contributed by atoms with Crippen LogP contribution in [0.15, 0.2) is 54.6 Å². The van der Waals surface area contributed by atoms with Gasteiger partial charge in [-0.15, -0.1) is 0 Å². The Morgan fingerprint density at radius 2 is 1.44 bits per heavy atom. The highest BCUT2D eigenvalue weighted by molar-refractivity contribution is 6.29. The molecule has 0 aliphatic rings. The van der Waals surface area contributed by atoms with E-state index < -0.39 is 0 Å². The Hall–Kier alpha value is -2.79. The van der Waals surface area contributed by atoms with Gasteiger partial charge in [-0.3, -0.25) is 0 Å². The summed E-state index contributed by atoms with van der Waals surface area (Å²) < 4.78 is 28.2. The lowest BCUT2D eigenvalue weighted by Gasteiger charge is -2.04. The smallest absolute Gasteiger partial charge is 0.165 e. The van der Waals surface area contributed by atoms with Crippen molar-refractivity contribution in [3.05, 3.63) is 77.1 Å². The molecule has 6 heteroatoms. The summed E-state index contributed by atoms with van der Waals surface area (Å²) in [6, 6.07) is 13.8. The van der Waals surface area contributed by atoms with Crippen molar-refractivity contribution < 1.29 is 8.78 Å². The van der Waals surface area contributed by atoms with Crippen molar-refractivity contribution in [2.45, 2.75) is 6.92 Å². The van der Waals surface area contributed by atoms with E-state index in [0.29, 0.717) is 16.5 Å². The van der Waals surface area contributed by atoms with Gasteiger partial charge in [0.1, 0.15) is 22.5 Å².